The Bertz CT molecular complexity index is 1200. The quantitative estimate of drug-likeness (QED) is 0.318. The van der Waals surface area contributed by atoms with E-state index in [1.54, 1.807) is 11.9 Å². The SMILES string of the molecule is CSN1c2c(C)c(CC=O)c(-c3ccc(Cl)cc3)c3cc(C)n(c23)CC1CCN1CCOCC1. The molecule has 0 amide bonds. The lowest BCUT2D eigenvalue weighted by Crippen LogP contribution is -2.43. The first-order chi connectivity index (χ1) is 16.5. The molecular formula is C27H32ClN3O2S. The number of hydrogen-bond acceptors (Lipinski definition) is 5. The van der Waals surface area contributed by atoms with E-state index in [0.717, 1.165) is 73.8 Å². The number of hydrogen-bond donors (Lipinski definition) is 0. The Morgan fingerprint density at radius 2 is 1.91 bits per heavy atom. The van der Waals surface area contributed by atoms with E-state index in [0.29, 0.717) is 12.5 Å². The van der Waals surface area contributed by atoms with Crippen molar-refractivity contribution in [1.82, 2.24) is 9.47 Å². The van der Waals surface area contributed by atoms with Crippen LogP contribution in [0.15, 0.2) is 30.3 Å². The van der Waals surface area contributed by atoms with Gasteiger partial charge in [0.25, 0.3) is 0 Å². The van der Waals surface area contributed by atoms with Gasteiger partial charge >= 0.3 is 0 Å². The monoisotopic (exact) mass is 497 g/mol. The predicted molar refractivity (Wildman–Crippen MR) is 143 cm³/mol. The molecule has 0 N–H and O–H groups in total. The van der Waals surface area contributed by atoms with Gasteiger partial charge in [-0.15, -0.1) is 0 Å². The minimum Gasteiger partial charge on any atom is -0.379 e. The fourth-order valence-electron chi connectivity index (χ4n) is 5.66. The molecule has 1 unspecified atom stereocenters. The number of aryl methyl sites for hydroxylation is 1. The van der Waals surface area contributed by atoms with Crippen molar-refractivity contribution in [2.75, 3.05) is 43.4 Å². The zero-order chi connectivity index (χ0) is 23.8. The second kappa shape index (κ2) is 9.94. The number of carbonyl (C=O) groups is 1. The summed E-state index contributed by atoms with van der Waals surface area (Å²) in [5, 5.41) is 1.94. The molecule has 1 saturated heterocycles. The lowest BCUT2D eigenvalue weighted by Gasteiger charge is -2.40. The van der Waals surface area contributed by atoms with Gasteiger partial charge in [0.15, 0.2) is 0 Å². The fraction of sp³-hybridized carbons (Fsp3) is 0.444. The summed E-state index contributed by atoms with van der Waals surface area (Å²) in [7, 11) is 0. The van der Waals surface area contributed by atoms with Crippen molar-refractivity contribution in [2.24, 2.45) is 0 Å². The first kappa shape index (κ1) is 23.7. The van der Waals surface area contributed by atoms with E-state index in [1.165, 1.54) is 27.8 Å². The van der Waals surface area contributed by atoms with E-state index in [1.807, 2.05) is 12.1 Å². The number of nitrogens with zero attached hydrogens (tertiary/aromatic N) is 3. The van der Waals surface area contributed by atoms with Gasteiger partial charge in [-0.2, -0.15) is 0 Å². The van der Waals surface area contributed by atoms with Gasteiger partial charge in [0, 0.05) is 55.0 Å². The van der Waals surface area contributed by atoms with E-state index >= 15 is 0 Å². The van der Waals surface area contributed by atoms with Crippen LogP contribution in [0.2, 0.25) is 5.02 Å². The maximum atomic E-state index is 11.8. The minimum atomic E-state index is 0.392. The molecule has 180 valence electrons. The Morgan fingerprint density at radius 1 is 1.18 bits per heavy atom. The van der Waals surface area contributed by atoms with Crippen molar-refractivity contribution in [3.8, 4) is 11.1 Å². The molecule has 0 radical (unpaired) electrons. The van der Waals surface area contributed by atoms with Crippen LogP contribution >= 0.6 is 23.5 Å². The maximum Gasteiger partial charge on any atom is 0.124 e. The summed E-state index contributed by atoms with van der Waals surface area (Å²) < 4.78 is 10.5. The molecule has 3 aromatic rings. The number of aldehydes is 1. The van der Waals surface area contributed by atoms with Crippen LogP contribution in [0.1, 0.15) is 23.2 Å². The topological polar surface area (TPSA) is 37.7 Å². The lowest BCUT2D eigenvalue weighted by molar-refractivity contribution is -0.107. The summed E-state index contributed by atoms with van der Waals surface area (Å²) >= 11 is 8.00. The normalized spacial score (nSPS) is 18.6. The van der Waals surface area contributed by atoms with Crippen molar-refractivity contribution in [3.05, 3.63) is 52.2 Å². The van der Waals surface area contributed by atoms with Crippen LogP contribution in [0.5, 0.6) is 0 Å². The Labute approximate surface area is 211 Å². The van der Waals surface area contributed by atoms with Crippen LogP contribution < -0.4 is 4.31 Å². The number of morpholine rings is 1. The van der Waals surface area contributed by atoms with Crippen molar-refractivity contribution < 1.29 is 9.53 Å². The van der Waals surface area contributed by atoms with E-state index in [-0.39, 0.29) is 0 Å². The molecule has 0 spiro atoms. The summed E-state index contributed by atoms with van der Waals surface area (Å²) in [6.07, 6.45) is 4.70. The molecule has 1 atom stereocenters. The average molecular weight is 498 g/mol. The molecule has 0 bridgehead atoms. The molecule has 5 nitrogen and oxygen atoms in total. The molecule has 34 heavy (non-hydrogen) atoms. The van der Waals surface area contributed by atoms with Crippen LogP contribution in [-0.2, 0) is 22.5 Å². The summed E-state index contributed by atoms with van der Waals surface area (Å²) in [5.41, 5.74) is 8.41. The summed E-state index contributed by atoms with van der Waals surface area (Å²) in [4.78, 5) is 14.3. The van der Waals surface area contributed by atoms with Gasteiger partial charge in [-0.25, -0.2) is 0 Å². The van der Waals surface area contributed by atoms with Gasteiger partial charge in [0.1, 0.15) is 6.29 Å². The Kier molecular flexibility index (Phi) is 6.94. The van der Waals surface area contributed by atoms with Gasteiger partial charge < -0.3 is 18.4 Å². The second-order valence-corrected chi connectivity index (χ2v) is 10.5. The second-order valence-electron chi connectivity index (χ2n) is 9.27. The summed E-state index contributed by atoms with van der Waals surface area (Å²) in [6, 6.07) is 10.7. The van der Waals surface area contributed by atoms with Crippen molar-refractivity contribution >= 4 is 46.4 Å². The van der Waals surface area contributed by atoms with Gasteiger partial charge in [-0.1, -0.05) is 35.7 Å². The third-order valence-electron chi connectivity index (χ3n) is 7.35. The highest BCUT2D eigenvalue weighted by Crippen LogP contribution is 2.47. The molecule has 0 aliphatic carbocycles. The summed E-state index contributed by atoms with van der Waals surface area (Å²) in [6.45, 7) is 10.1. The van der Waals surface area contributed by atoms with E-state index < -0.39 is 0 Å². The van der Waals surface area contributed by atoms with Gasteiger partial charge in [0.05, 0.1) is 30.5 Å². The van der Waals surface area contributed by atoms with Crippen LogP contribution in [0.4, 0.5) is 5.69 Å². The van der Waals surface area contributed by atoms with E-state index in [2.05, 4.69) is 52.1 Å². The molecule has 2 aliphatic rings. The molecule has 5 rings (SSSR count). The molecule has 2 aromatic carbocycles. The highest BCUT2D eigenvalue weighted by Gasteiger charge is 2.33. The molecule has 1 aromatic heterocycles. The number of ether oxygens (including phenoxy) is 1. The first-order valence-corrected chi connectivity index (χ1v) is 13.6. The number of anilines is 1. The Balaban J connectivity index is 1.63. The first-order valence-electron chi connectivity index (χ1n) is 12.0. The van der Waals surface area contributed by atoms with Crippen molar-refractivity contribution in [1.29, 1.82) is 0 Å². The van der Waals surface area contributed by atoms with Gasteiger partial charge in [0.2, 0.25) is 0 Å². The zero-order valence-corrected chi connectivity index (χ0v) is 21.7. The predicted octanol–water partition coefficient (Wildman–Crippen LogP) is 5.51. The standard InChI is InChI=1S/C27H32ClN3O2S/c1-18-16-24-25(20-4-6-21(28)7-5-20)23(9-13-32)19(2)26-27(24)30(18)17-22(31(26)34-3)8-10-29-11-14-33-15-12-29/h4-7,13,16,22H,8-12,14-15,17H2,1-3H3. The average Bonchev–Trinajstić information content (AvgIpc) is 3.18. The van der Waals surface area contributed by atoms with Gasteiger partial charge in [-0.05, 0) is 60.7 Å². The van der Waals surface area contributed by atoms with Crippen molar-refractivity contribution in [3.63, 3.8) is 0 Å². The molecule has 0 saturated carbocycles. The third-order valence-corrected chi connectivity index (χ3v) is 8.48. The molecule has 7 heteroatoms. The third kappa shape index (κ3) is 4.15. The lowest BCUT2D eigenvalue weighted by atomic mass is 9.89. The largest absolute Gasteiger partial charge is 0.379 e. The fourth-order valence-corrected chi connectivity index (χ4v) is 6.66. The van der Waals surface area contributed by atoms with E-state index in [4.69, 9.17) is 16.3 Å². The van der Waals surface area contributed by atoms with Crippen LogP contribution in [0.25, 0.3) is 22.0 Å². The van der Waals surface area contributed by atoms with Crippen molar-refractivity contribution in [2.45, 2.75) is 39.3 Å². The Hall–Kier alpha value is -1.99. The summed E-state index contributed by atoms with van der Waals surface area (Å²) in [5.74, 6) is 0. The smallest absolute Gasteiger partial charge is 0.124 e. The van der Waals surface area contributed by atoms with Crippen LogP contribution in [-0.4, -0.2) is 60.9 Å². The highest BCUT2D eigenvalue weighted by atomic mass is 35.5. The number of aromatic nitrogens is 1. The van der Waals surface area contributed by atoms with E-state index in [9.17, 15) is 4.79 Å². The number of halogens is 1. The molecule has 3 heterocycles. The van der Waals surface area contributed by atoms with Gasteiger partial charge in [-0.3, -0.25) is 4.90 Å². The van der Waals surface area contributed by atoms with Crippen LogP contribution in [0, 0.1) is 13.8 Å². The number of carbonyl (C=O) groups excluding carboxylic acids is 1. The number of rotatable bonds is 7. The minimum absolute atomic E-state index is 0.392. The Morgan fingerprint density at radius 3 is 2.59 bits per heavy atom. The van der Waals surface area contributed by atoms with Crippen LogP contribution in [0.3, 0.4) is 0 Å². The zero-order valence-electron chi connectivity index (χ0n) is 20.1. The number of benzene rings is 2. The molecule has 2 aliphatic heterocycles. The highest BCUT2D eigenvalue weighted by molar-refractivity contribution is 8.00. The molecular weight excluding hydrogens is 466 g/mol. The maximum absolute atomic E-state index is 11.8. The molecule has 1 fully saturated rings.